The number of amides is 1. The number of carbonyl (C=O) groups is 1. The van der Waals surface area contributed by atoms with Crippen LogP contribution in [0, 0.1) is 17.3 Å². The van der Waals surface area contributed by atoms with Crippen LogP contribution in [0.4, 0.5) is 0 Å². The molecule has 5 rings (SSSR count). The molecule has 2 fully saturated rings. The number of hydrogen-bond acceptors (Lipinski definition) is 4. The van der Waals surface area contributed by atoms with Gasteiger partial charge in [-0.2, -0.15) is 0 Å². The quantitative estimate of drug-likeness (QED) is 0.539. The van der Waals surface area contributed by atoms with E-state index in [2.05, 4.69) is 37.9 Å². The van der Waals surface area contributed by atoms with Crippen molar-refractivity contribution in [2.75, 3.05) is 6.54 Å². The fourth-order valence-corrected chi connectivity index (χ4v) is 8.39. The number of nitrogens with zero attached hydrogens (tertiary/aromatic N) is 1. The fourth-order valence-electron chi connectivity index (χ4n) is 8.20. The summed E-state index contributed by atoms with van der Waals surface area (Å²) in [6.45, 7) is 9.96. The first-order valence-corrected chi connectivity index (χ1v) is 13.5. The summed E-state index contributed by atoms with van der Waals surface area (Å²) in [5.74, 6) is 0.733. The second-order valence-corrected chi connectivity index (χ2v) is 12.2. The minimum atomic E-state index is -0.414. The van der Waals surface area contributed by atoms with Crippen molar-refractivity contribution in [2.45, 2.75) is 96.2 Å². The molecule has 6 heteroatoms. The van der Waals surface area contributed by atoms with E-state index in [1.54, 1.807) is 6.07 Å². The van der Waals surface area contributed by atoms with Crippen LogP contribution in [0.5, 0.6) is 5.75 Å². The van der Waals surface area contributed by atoms with Gasteiger partial charge in [-0.15, -0.1) is 0 Å². The van der Waals surface area contributed by atoms with Gasteiger partial charge in [0.25, 0.3) is 0 Å². The van der Waals surface area contributed by atoms with Crippen molar-refractivity contribution >= 4 is 17.5 Å². The lowest BCUT2D eigenvalue weighted by molar-refractivity contribution is -0.130. The van der Waals surface area contributed by atoms with E-state index in [1.807, 2.05) is 12.1 Å². The smallest absolute Gasteiger partial charge is 0.235 e. The molecule has 0 bridgehead atoms. The van der Waals surface area contributed by atoms with Crippen LogP contribution in [-0.2, 0) is 4.79 Å². The van der Waals surface area contributed by atoms with Crippen molar-refractivity contribution in [1.29, 1.82) is 0 Å². The maximum Gasteiger partial charge on any atom is 0.235 e. The largest absolute Gasteiger partial charge is 0.506 e. The lowest BCUT2D eigenvalue weighted by Gasteiger charge is -2.61. The Morgan fingerprint density at radius 2 is 1.91 bits per heavy atom. The van der Waals surface area contributed by atoms with Crippen LogP contribution < -0.4 is 11.1 Å². The highest BCUT2D eigenvalue weighted by atomic mass is 35.5. The molecule has 34 heavy (non-hydrogen) atoms. The third-order valence-corrected chi connectivity index (χ3v) is 10.0. The average molecular weight is 486 g/mol. The minimum absolute atomic E-state index is 0.0754. The zero-order chi connectivity index (χ0) is 24.4. The predicted octanol–water partition coefficient (Wildman–Crippen LogP) is 5.32. The lowest BCUT2D eigenvalue weighted by atomic mass is 9.49. The summed E-state index contributed by atoms with van der Waals surface area (Å²) >= 11 is 6.46. The number of hydrogen-bond donors (Lipinski definition) is 3. The number of primary amides is 1. The molecule has 4 aliphatic rings. The summed E-state index contributed by atoms with van der Waals surface area (Å²) in [4.78, 5) is 16.0. The number of nitrogens with two attached hydrogens (primary N) is 1. The Kier molecular flexibility index (Phi) is 5.96. The zero-order valence-corrected chi connectivity index (χ0v) is 21.8. The van der Waals surface area contributed by atoms with Gasteiger partial charge in [-0.1, -0.05) is 44.9 Å². The number of halogens is 1. The van der Waals surface area contributed by atoms with E-state index in [4.69, 9.17) is 17.3 Å². The van der Waals surface area contributed by atoms with Gasteiger partial charge in [0.2, 0.25) is 5.91 Å². The number of likely N-dealkylation sites (tertiary alicyclic amines) is 1. The summed E-state index contributed by atoms with van der Waals surface area (Å²) in [7, 11) is 0. The Hall–Kier alpha value is -1.72. The Balaban J connectivity index is 1.80. The van der Waals surface area contributed by atoms with Gasteiger partial charge in [-0.25, -0.2) is 0 Å². The second kappa shape index (κ2) is 8.44. The van der Waals surface area contributed by atoms with Crippen LogP contribution in [0.3, 0.4) is 0 Å². The van der Waals surface area contributed by atoms with E-state index >= 15 is 0 Å². The third-order valence-electron chi connectivity index (χ3n) is 9.71. The van der Waals surface area contributed by atoms with E-state index in [0.717, 1.165) is 37.8 Å². The van der Waals surface area contributed by atoms with Crippen molar-refractivity contribution in [3.05, 3.63) is 40.1 Å². The van der Waals surface area contributed by atoms with Gasteiger partial charge in [0.1, 0.15) is 5.75 Å². The van der Waals surface area contributed by atoms with Gasteiger partial charge in [0, 0.05) is 35.2 Å². The van der Waals surface area contributed by atoms with E-state index < -0.39 is 6.04 Å². The molecule has 2 aliphatic carbocycles. The molecule has 0 radical (unpaired) electrons. The molecule has 1 aromatic rings. The van der Waals surface area contributed by atoms with Gasteiger partial charge < -0.3 is 16.2 Å². The summed E-state index contributed by atoms with van der Waals surface area (Å²) in [6.07, 6.45) is 7.98. The topological polar surface area (TPSA) is 78.6 Å². The number of carbonyl (C=O) groups excluding carboxylic acids is 1. The number of fused-ring (bicyclic) bond motifs is 2. The summed E-state index contributed by atoms with van der Waals surface area (Å²) < 4.78 is 0. The molecule has 1 unspecified atom stereocenters. The van der Waals surface area contributed by atoms with E-state index in [9.17, 15) is 9.90 Å². The van der Waals surface area contributed by atoms with Gasteiger partial charge >= 0.3 is 0 Å². The molecule has 1 saturated heterocycles. The first kappa shape index (κ1) is 24.0. The molecular weight excluding hydrogens is 446 g/mol. The Morgan fingerprint density at radius 3 is 2.53 bits per heavy atom. The van der Waals surface area contributed by atoms with Crippen LogP contribution in [0.25, 0.3) is 0 Å². The SMILES string of the molecule is CC1CC2(C1)N(C(C)C(C)C)[C@@H](C(N)=O)[C@H](c1ccc(O)c(Cl)c1)[C@]21CNC2=C1CCCCC2. The summed E-state index contributed by atoms with van der Waals surface area (Å²) in [5, 5.41) is 14.4. The normalized spacial score (nSPS) is 36.5. The summed E-state index contributed by atoms with van der Waals surface area (Å²) in [5.41, 5.74) is 9.95. The molecule has 186 valence electrons. The highest BCUT2D eigenvalue weighted by molar-refractivity contribution is 6.32. The van der Waals surface area contributed by atoms with E-state index in [1.165, 1.54) is 30.5 Å². The third kappa shape index (κ3) is 3.19. The minimum Gasteiger partial charge on any atom is -0.506 e. The summed E-state index contributed by atoms with van der Waals surface area (Å²) in [6, 6.07) is 5.34. The Labute approximate surface area is 209 Å². The van der Waals surface area contributed by atoms with Crippen LogP contribution >= 0.6 is 11.6 Å². The highest BCUT2D eigenvalue weighted by Gasteiger charge is 2.75. The number of aromatic hydroxyl groups is 1. The number of allylic oxidation sites excluding steroid dienone is 1. The molecule has 2 spiro atoms. The number of phenolic OH excluding ortho intramolecular Hbond substituents is 1. The fraction of sp³-hybridized carbons (Fsp3) is 0.679. The van der Waals surface area contributed by atoms with Gasteiger partial charge in [0.05, 0.1) is 11.1 Å². The van der Waals surface area contributed by atoms with Crippen LogP contribution in [-0.4, -0.2) is 40.1 Å². The van der Waals surface area contributed by atoms with Crippen LogP contribution in [0.15, 0.2) is 29.5 Å². The molecule has 0 aromatic heterocycles. The molecule has 2 heterocycles. The van der Waals surface area contributed by atoms with Crippen molar-refractivity contribution < 1.29 is 9.90 Å². The van der Waals surface area contributed by atoms with Crippen LogP contribution in [0.1, 0.15) is 84.1 Å². The van der Waals surface area contributed by atoms with E-state index in [-0.39, 0.29) is 34.6 Å². The predicted molar refractivity (Wildman–Crippen MR) is 137 cm³/mol. The Bertz CT molecular complexity index is 1010. The van der Waals surface area contributed by atoms with Gasteiger partial charge in [-0.3, -0.25) is 9.69 Å². The zero-order valence-electron chi connectivity index (χ0n) is 21.0. The number of phenols is 1. The van der Waals surface area contributed by atoms with Crippen molar-refractivity contribution in [1.82, 2.24) is 10.2 Å². The molecule has 1 saturated carbocycles. The monoisotopic (exact) mass is 485 g/mol. The lowest BCUT2D eigenvalue weighted by Crippen LogP contribution is -2.67. The average Bonchev–Trinajstić information content (AvgIpc) is 3.12. The van der Waals surface area contributed by atoms with Crippen molar-refractivity contribution in [2.24, 2.45) is 23.0 Å². The van der Waals surface area contributed by atoms with Crippen molar-refractivity contribution in [3.8, 4) is 5.75 Å². The molecule has 1 amide bonds. The van der Waals surface area contributed by atoms with Crippen molar-refractivity contribution in [3.63, 3.8) is 0 Å². The second-order valence-electron chi connectivity index (χ2n) is 11.8. The molecular formula is C28H40ClN3O2. The first-order chi connectivity index (χ1) is 16.1. The van der Waals surface area contributed by atoms with E-state index in [0.29, 0.717) is 16.9 Å². The maximum atomic E-state index is 13.4. The number of rotatable bonds is 4. The molecule has 4 N–H and O–H groups in total. The van der Waals surface area contributed by atoms with Crippen LogP contribution in [0.2, 0.25) is 5.02 Å². The maximum absolute atomic E-state index is 13.4. The standard InChI is InChI=1S/C28H40ClN3O2/c1-16(2)18(4)32-25(26(30)34)24(19-10-11-23(33)21(29)12-19)28(27(32)13-17(3)14-27)15-31-22-9-7-5-6-8-20(22)28/h10-12,16-18,24-25,31,33H,5-9,13-15H2,1-4H3,(H2,30,34)/t17?,18?,24-,25+,27?,28+/m0/s1. The van der Waals surface area contributed by atoms with Gasteiger partial charge in [0.15, 0.2) is 0 Å². The highest BCUT2D eigenvalue weighted by Crippen LogP contribution is 2.71. The van der Waals surface area contributed by atoms with Gasteiger partial charge in [-0.05, 0) is 80.6 Å². The molecule has 1 aromatic carbocycles. The number of nitrogens with one attached hydrogen (secondary N) is 1. The Morgan fingerprint density at radius 1 is 1.21 bits per heavy atom. The molecule has 4 atom stereocenters. The molecule has 5 nitrogen and oxygen atoms in total. The number of benzene rings is 1. The first-order valence-electron chi connectivity index (χ1n) is 13.2. The molecule has 2 aliphatic heterocycles.